The van der Waals surface area contributed by atoms with Crippen LogP contribution in [0, 0.1) is 5.82 Å². The second kappa shape index (κ2) is 6.44. The Labute approximate surface area is 126 Å². The molecule has 2 N–H and O–H groups in total. The van der Waals surface area contributed by atoms with Gasteiger partial charge in [-0.05, 0) is 48.5 Å². The first-order valence-electron chi connectivity index (χ1n) is 6.10. The van der Waals surface area contributed by atoms with Crippen LogP contribution < -0.4 is 9.46 Å². The molecule has 0 amide bonds. The molecule has 0 saturated heterocycles. The largest absolute Gasteiger partial charge is 0.482 e. The molecule has 0 spiro atoms. The van der Waals surface area contributed by atoms with E-state index in [9.17, 15) is 17.6 Å². The number of carbonyl (C=O) groups is 1. The summed E-state index contributed by atoms with van der Waals surface area (Å²) in [5.41, 5.74) is 0.270. The smallest absolute Gasteiger partial charge is 0.341 e. The van der Waals surface area contributed by atoms with E-state index in [1.165, 1.54) is 24.3 Å². The topological polar surface area (TPSA) is 92.7 Å². The molecule has 2 aromatic carbocycles. The normalized spacial score (nSPS) is 11.0. The molecule has 8 heteroatoms. The predicted octanol–water partition coefficient (Wildman–Crippen LogP) is 2.09. The van der Waals surface area contributed by atoms with E-state index < -0.39 is 28.4 Å². The third-order valence-corrected chi connectivity index (χ3v) is 3.99. The predicted molar refractivity (Wildman–Crippen MR) is 76.8 cm³/mol. The molecule has 0 aliphatic carbocycles. The molecular weight excluding hydrogens is 313 g/mol. The van der Waals surface area contributed by atoms with Crippen molar-refractivity contribution in [2.45, 2.75) is 4.90 Å². The summed E-state index contributed by atoms with van der Waals surface area (Å²) >= 11 is 0. The average molecular weight is 325 g/mol. The molecule has 22 heavy (non-hydrogen) atoms. The number of sulfonamides is 1. The molecule has 0 heterocycles. The van der Waals surface area contributed by atoms with Gasteiger partial charge in [-0.15, -0.1) is 0 Å². The maximum absolute atomic E-state index is 12.8. The Balaban J connectivity index is 2.09. The summed E-state index contributed by atoms with van der Waals surface area (Å²) < 4.78 is 44.2. The third-order valence-electron chi connectivity index (χ3n) is 2.59. The van der Waals surface area contributed by atoms with Crippen molar-refractivity contribution in [3.8, 4) is 5.75 Å². The van der Waals surface area contributed by atoms with E-state index in [1.807, 2.05) is 0 Å². The van der Waals surface area contributed by atoms with Gasteiger partial charge in [-0.2, -0.15) is 0 Å². The highest BCUT2D eigenvalue weighted by molar-refractivity contribution is 7.92. The lowest BCUT2D eigenvalue weighted by Gasteiger charge is -2.09. The molecule has 0 fully saturated rings. The molecule has 2 rings (SSSR count). The number of benzene rings is 2. The highest BCUT2D eigenvalue weighted by Crippen LogP contribution is 2.19. The van der Waals surface area contributed by atoms with Gasteiger partial charge in [-0.1, -0.05) is 0 Å². The van der Waals surface area contributed by atoms with Crippen molar-refractivity contribution in [1.82, 2.24) is 0 Å². The van der Waals surface area contributed by atoms with Gasteiger partial charge in [0.1, 0.15) is 11.6 Å². The molecule has 2 aromatic rings. The minimum atomic E-state index is -3.82. The molecule has 0 aliphatic rings. The Morgan fingerprint density at radius 3 is 2.23 bits per heavy atom. The summed E-state index contributed by atoms with van der Waals surface area (Å²) in [5, 5.41) is 8.48. The summed E-state index contributed by atoms with van der Waals surface area (Å²) in [4.78, 5) is 10.3. The molecule has 0 radical (unpaired) electrons. The maximum Gasteiger partial charge on any atom is 0.341 e. The number of hydrogen-bond acceptors (Lipinski definition) is 4. The Morgan fingerprint density at radius 2 is 1.68 bits per heavy atom. The van der Waals surface area contributed by atoms with Crippen LogP contribution in [-0.2, 0) is 14.8 Å². The Morgan fingerprint density at radius 1 is 1.09 bits per heavy atom. The molecule has 0 atom stereocenters. The van der Waals surface area contributed by atoms with E-state index in [4.69, 9.17) is 9.84 Å². The average Bonchev–Trinajstić information content (AvgIpc) is 2.46. The zero-order valence-corrected chi connectivity index (χ0v) is 12.0. The van der Waals surface area contributed by atoms with Crippen LogP contribution in [-0.4, -0.2) is 26.1 Å². The van der Waals surface area contributed by atoms with E-state index in [2.05, 4.69) is 4.72 Å². The van der Waals surface area contributed by atoms with Crippen molar-refractivity contribution in [3.05, 3.63) is 54.3 Å². The van der Waals surface area contributed by atoms with Crippen LogP contribution in [0.15, 0.2) is 53.4 Å². The first-order valence-corrected chi connectivity index (χ1v) is 7.58. The Kier molecular flexibility index (Phi) is 4.62. The summed E-state index contributed by atoms with van der Waals surface area (Å²) in [7, 11) is -3.82. The van der Waals surface area contributed by atoms with Gasteiger partial charge in [0, 0.05) is 5.69 Å². The van der Waals surface area contributed by atoms with Crippen LogP contribution in [0.4, 0.5) is 10.1 Å². The van der Waals surface area contributed by atoms with E-state index in [1.54, 1.807) is 0 Å². The lowest BCUT2D eigenvalue weighted by Crippen LogP contribution is -2.13. The SMILES string of the molecule is O=C(O)COc1ccc(NS(=O)(=O)c2ccc(F)cc2)cc1. The summed E-state index contributed by atoms with van der Waals surface area (Å²) in [6.07, 6.45) is 0. The number of nitrogens with one attached hydrogen (secondary N) is 1. The lowest BCUT2D eigenvalue weighted by atomic mass is 10.3. The van der Waals surface area contributed by atoms with Gasteiger partial charge >= 0.3 is 5.97 Å². The molecule has 116 valence electrons. The van der Waals surface area contributed by atoms with Crippen LogP contribution >= 0.6 is 0 Å². The molecule has 0 aliphatic heterocycles. The first-order chi connectivity index (χ1) is 10.4. The fourth-order valence-corrected chi connectivity index (χ4v) is 2.65. The van der Waals surface area contributed by atoms with Gasteiger partial charge in [0.05, 0.1) is 4.90 Å². The van der Waals surface area contributed by atoms with Crippen molar-refractivity contribution in [3.63, 3.8) is 0 Å². The van der Waals surface area contributed by atoms with Crippen molar-refractivity contribution in [2.24, 2.45) is 0 Å². The van der Waals surface area contributed by atoms with Gasteiger partial charge in [-0.25, -0.2) is 17.6 Å². The highest BCUT2D eigenvalue weighted by atomic mass is 32.2. The van der Waals surface area contributed by atoms with Crippen molar-refractivity contribution in [1.29, 1.82) is 0 Å². The lowest BCUT2D eigenvalue weighted by molar-refractivity contribution is -0.139. The zero-order chi connectivity index (χ0) is 16.2. The number of rotatable bonds is 6. The molecule has 0 unspecified atom stereocenters. The number of carboxylic acids is 1. The highest BCUT2D eigenvalue weighted by Gasteiger charge is 2.14. The van der Waals surface area contributed by atoms with E-state index in [0.29, 0.717) is 5.75 Å². The number of hydrogen-bond donors (Lipinski definition) is 2. The number of halogens is 1. The summed E-state index contributed by atoms with van der Waals surface area (Å²) in [6, 6.07) is 10.1. The Hall–Kier alpha value is -2.61. The second-order valence-electron chi connectivity index (χ2n) is 4.27. The monoisotopic (exact) mass is 325 g/mol. The van der Waals surface area contributed by atoms with Crippen LogP contribution in [0.25, 0.3) is 0 Å². The van der Waals surface area contributed by atoms with Crippen molar-refractivity contribution < 1.29 is 27.4 Å². The molecule has 6 nitrogen and oxygen atoms in total. The van der Waals surface area contributed by atoms with E-state index in [0.717, 1.165) is 24.3 Å². The van der Waals surface area contributed by atoms with Crippen LogP contribution in [0.1, 0.15) is 0 Å². The van der Waals surface area contributed by atoms with Gasteiger partial charge in [-0.3, -0.25) is 4.72 Å². The van der Waals surface area contributed by atoms with E-state index >= 15 is 0 Å². The fraction of sp³-hybridized carbons (Fsp3) is 0.0714. The standard InChI is InChI=1S/C14H12FNO5S/c15-10-1-7-13(8-2-10)22(19,20)16-11-3-5-12(6-4-11)21-9-14(17)18/h1-8,16H,9H2,(H,17,18). The quantitative estimate of drug-likeness (QED) is 0.848. The maximum atomic E-state index is 12.8. The Bertz CT molecular complexity index is 757. The van der Waals surface area contributed by atoms with Crippen LogP contribution in [0.3, 0.4) is 0 Å². The first kappa shape index (κ1) is 15.8. The zero-order valence-electron chi connectivity index (χ0n) is 11.2. The van der Waals surface area contributed by atoms with Gasteiger partial charge in [0.15, 0.2) is 6.61 Å². The summed E-state index contributed by atoms with van der Waals surface area (Å²) in [5.74, 6) is -1.34. The molecule has 0 aromatic heterocycles. The van der Waals surface area contributed by atoms with Crippen molar-refractivity contribution >= 4 is 21.7 Å². The fourth-order valence-electron chi connectivity index (χ4n) is 1.59. The minimum absolute atomic E-state index is 0.0693. The molecular formula is C14H12FNO5S. The van der Waals surface area contributed by atoms with Crippen LogP contribution in [0.2, 0.25) is 0 Å². The van der Waals surface area contributed by atoms with Gasteiger partial charge in [0.25, 0.3) is 10.0 Å². The number of carboxylic acid groups (broad SMARTS) is 1. The van der Waals surface area contributed by atoms with E-state index in [-0.39, 0.29) is 10.6 Å². The minimum Gasteiger partial charge on any atom is -0.482 e. The molecule has 0 saturated carbocycles. The summed E-state index contributed by atoms with van der Waals surface area (Å²) in [6.45, 7) is -0.485. The number of ether oxygens (including phenoxy) is 1. The second-order valence-corrected chi connectivity index (χ2v) is 5.95. The number of aliphatic carboxylic acids is 1. The van der Waals surface area contributed by atoms with Crippen LogP contribution in [0.5, 0.6) is 5.75 Å². The number of anilines is 1. The third kappa shape index (κ3) is 4.19. The van der Waals surface area contributed by atoms with Gasteiger partial charge < -0.3 is 9.84 Å². The van der Waals surface area contributed by atoms with Gasteiger partial charge in [0.2, 0.25) is 0 Å². The van der Waals surface area contributed by atoms with Crippen molar-refractivity contribution in [2.75, 3.05) is 11.3 Å². The molecule has 0 bridgehead atoms.